The SMILES string of the molecule is Cc1cc(C)cc(C2(O)CCCC(C(C)C)CC2)c1. The van der Waals surface area contributed by atoms with Crippen LogP contribution in [0.25, 0.3) is 0 Å². The second kappa shape index (κ2) is 5.66. The molecule has 0 aromatic heterocycles. The van der Waals surface area contributed by atoms with E-state index in [0.717, 1.165) is 43.1 Å². The molecule has 2 atom stereocenters. The summed E-state index contributed by atoms with van der Waals surface area (Å²) in [5.74, 6) is 1.52. The summed E-state index contributed by atoms with van der Waals surface area (Å²) in [6.45, 7) is 8.86. The maximum Gasteiger partial charge on any atom is 0.0896 e. The van der Waals surface area contributed by atoms with Gasteiger partial charge in [0.15, 0.2) is 0 Å². The Kier molecular flexibility index (Phi) is 4.35. The fourth-order valence-corrected chi connectivity index (χ4v) is 3.55. The van der Waals surface area contributed by atoms with E-state index >= 15 is 0 Å². The molecule has 0 amide bonds. The van der Waals surface area contributed by atoms with Crippen molar-refractivity contribution in [3.63, 3.8) is 0 Å². The second-order valence-electron chi connectivity index (χ2n) is 6.84. The van der Waals surface area contributed by atoms with Gasteiger partial charge in [-0.2, -0.15) is 0 Å². The fourth-order valence-electron chi connectivity index (χ4n) is 3.55. The van der Waals surface area contributed by atoms with Crippen LogP contribution in [0.1, 0.15) is 62.6 Å². The molecule has 1 aliphatic rings. The summed E-state index contributed by atoms with van der Waals surface area (Å²) < 4.78 is 0. The summed E-state index contributed by atoms with van der Waals surface area (Å²) >= 11 is 0. The topological polar surface area (TPSA) is 20.2 Å². The summed E-state index contributed by atoms with van der Waals surface area (Å²) in [6.07, 6.45) is 5.40. The molecule has 0 spiro atoms. The molecule has 1 heteroatoms. The van der Waals surface area contributed by atoms with Crippen LogP contribution in [0.4, 0.5) is 0 Å². The van der Waals surface area contributed by atoms with Crippen LogP contribution in [-0.4, -0.2) is 5.11 Å². The van der Waals surface area contributed by atoms with Crippen molar-refractivity contribution in [1.82, 2.24) is 0 Å². The smallest absolute Gasteiger partial charge is 0.0896 e. The number of aliphatic hydroxyl groups is 1. The molecule has 0 heterocycles. The number of rotatable bonds is 2. The van der Waals surface area contributed by atoms with Crippen molar-refractivity contribution in [2.24, 2.45) is 11.8 Å². The second-order valence-corrected chi connectivity index (χ2v) is 6.84. The first-order valence-corrected chi connectivity index (χ1v) is 7.72. The molecule has 1 aromatic carbocycles. The zero-order valence-electron chi connectivity index (χ0n) is 12.9. The maximum absolute atomic E-state index is 11.1. The molecule has 0 saturated heterocycles. The van der Waals surface area contributed by atoms with Crippen molar-refractivity contribution >= 4 is 0 Å². The molecule has 1 aromatic rings. The van der Waals surface area contributed by atoms with Crippen LogP contribution in [0.5, 0.6) is 0 Å². The molecule has 1 saturated carbocycles. The molecule has 0 radical (unpaired) electrons. The van der Waals surface area contributed by atoms with E-state index in [1.807, 2.05) is 0 Å². The van der Waals surface area contributed by atoms with Crippen LogP contribution in [0.15, 0.2) is 18.2 Å². The molecular weight excluding hydrogens is 232 g/mol. The zero-order valence-corrected chi connectivity index (χ0v) is 12.9. The van der Waals surface area contributed by atoms with E-state index in [0.29, 0.717) is 0 Å². The number of aryl methyl sites for hydroxylation is 2. The van der Waals surface area contributed by atoms with Gasteiger partial charge in [0.25, 0.3) is 0 Å². The Labute approximate surface area is 118 Å². The Morgan fingerprint density at radius 1 is 1.05 bits per heavy atom. The molecule has 1 fully saturated rings. The van der Waals surface area contributed by atoms with E-state index in [2.05, 4.69) is 45.9 Å². The average molecular weight is 260 g/mol. The number of benzene rings is 1. The van der Waals surface area contributed by atoms with Gasteiger partial charge in [-0.3, -0.25) is 0 Å². The molecule has 0 bridgehead atoms. The van der Waals surface area contributed by atoms with Gasteiger partial charge >= 0.3 is 0 Å². The van der Waals surface area contributed by atoms with E-state index in [9.17, 15) is 5.11 Å². The maximum atomic E-state index is 11.1. The predicted molar refractivity (Wildman–Crippen MR) is 81.2 cm³/mol. The van der Waals surface area contributed by atoms with Gasteiger partial charge in [0.05, 0.1) is 5.60 Å². The van der Waals surface area contributed by atoms with E-state index in [4.69, 9.17) is 0 Å². The van der Waals surface area contributed by atoms with Crippen LogP contribution in [0.2, 0.25) is 0 Å². The summed E-state index contributed by atoms with van der Waals surface area (Å²) in [7, 11) is 0. The van der Waals surface area contributed by atoms with Gasteiger partial charge in [0.2, 0.25) is 0 Å². The summed E-state index contributed by atoms with van der Waals surface area (Å²) in [5.41, 5.74) is 3.05. The largest absolute Gasteiger partial charge is 0.385 e. The lowest BCUT2D eigenvalue weighted by atomic mass is 9.83. The molecule has 2 rings (SSSR count). The first-order valence-electron chi connectivity index (χ1n) is 7.72. The van der Waals surface area contributed by atoms with E-state index < -0.39 is 5.60 Å². The van der Waals surface area contributed by atoms with E-state index in [1.54, 1.807) is 0 Å². The summed E-state index contributed by atoms with van der Waals surface area (Å²) in [6, 6.07) is 6.52. The minimum Gasteiger partial charge on any atom is -0.385 e. The first-order chi connectivity index (χ1) is 8.90. The highest BCUT2D eigenvalue weighted by Gasteiger charge is 2.33. The summed E-state index contributed by atoms with van der Waals surface area (Å²) in [4.78, 5) is 0. The Bertz CT molecular complexity index is 415. The minimum absolute atomic E-state index is 0.597. The third kappa shape index (κ3) is 3.39. The predicted octanol–water partition coefficient (Wildman–Crippen LogP) is 4.73. The van der Waals surface area contributed by atoms with Crippen molar-refractivity contribution < 1.29 is 5.11 Å². The standard InChI is InChI=1S/C18H28O/c1-13(2)16-6-5-8-18(19,9-7-16)17-11-14(3)10-15(4)12-17/h10-13,16,19H,5-9H2,1-4H3. The van der Waals surface area contributed by atoms with Gasteiger partial charge in [-0.05, 0) is 56.9 Å². The normalized spacial score (nSPS) is 28.4. The van der Waals surface area contributed by atoms with Crippen molar-refractivity contribution in [1.29, 1.82) is 0 Å². The molecular formula is C18H28O. The highest BCUT2D eigenvalue weighted by Crippen LogP contribution is 2.40. The van der Waals surface area contributed by atoms with Crippen LogP contribution < -0.4 is 0 Å². The van der Waals surface area contributed by atoms with Gasteiger partial charge < -0.3 is 5.11 Å². The van der Waals surface area contributed by atoms with Crippen LogP contribution >= 0.6 is 0 Å². The van der Waals surface area contributed by atoms with Crippen LogP contribution in [0.3, 0.4) is 0 Å². The van der Waals surface area contributed by atoms with E-state index in [1.165, 1.54) is 17.5 Å². The first kappa shape index (κ1) is 14.6. The van der Waals surface area contributed by atoms with E-state index in [-0.39, 0.29) is 0 Å². The minimum atomic E-state index is -0.597. The zero-order chi connectivity index (χ0) is 14.0. The highest BCUT2D eigenvalue weighted by molar-refractivity contribution is 5.32. The van der Waals surface area contributed by atoms with Gasteiger partial charge in [-0.15, -0.1) is 0 Å². The van der Waals surface area contributed by atoms with Gasteiger partial charge in [-0.1, -0.05) is 49.6 Å². The lowest BCUT2D eigenvalue weighted by Gasteiger charge is -2.28. The Morgan fingerprint density at radius 2 is 1.68 bits per heavy atom. The molecule has 1 N–H and O–H groups in total. The molecule has 19 heavy (non-hydrogen) atoms. The third-order valence-electron chi connectivity index (χ3n) is 4.80. The fraction of sp³-hybridized carbons (Fsp3) is 0.667. The van der Waals surface area contributed by atoms with Gasteiger partial charge in [0.1, 0.15) is 0 Å². The average Bonchev–Trinajstić information content (AvgIpc) is 2.51. The Morgan fingerprint density at radius 3 is 2.26 bits per heavy atom. The molecule has 2 unspecified atom stereocenters. The quantitative estimate of drug-likeness (QED) is 0.762. The lowest BCUT2D eigenvalue weighted by Crippen LogP contribution is -2.25. The van der Waals surface area contributed by atoms with Gasteiger partial charge in [0, 0.05) is 0 Å². The van der Waals surface area contributed by atoms with Gasteiger partial charge in [-0.25, -0.2) is 0 Å². The van der Waals surface area contributed by atoms with Crippen molar-refractivity contribution in [3.05, 3.63) is 34.9 Å². The monoisotopic (exact) mass is 260 g/mol. The lowest BCUT2D eigenvalue weighted by molar-refractivity contribution is 0.0190. The Balaban J connectivity index is 2.22. The van der Waals surface area contributed by atoms with Crippen molar-refractivity contribution in [2.45, 2.75) is 65.4 Å². The molecule has 106 valence electrons. The highest BCUT2D eigenvalue weighted by atomic mass is 16.3. The van der Waals surface area contributed by atoms with Crippen molar-refractivity contribution in [3.8, 4) is 0 Å². The molecule has 0 aliphatic heterocycles. The molecule has 1 nitrogen and oxygen atoms in total. The number of hydrogen-bond donors (Lipinski definition) is 1. The third-order valence-corrected chi connectivity index (χ3v) is 4.80. The molecule has 1 aliphatic carbocycles. The summed E-state index contributed by atoms with van der Waals surface area (Å²) in [5, 5.41) is 11.1. The van der Waals surface area contributed by atoms with Crippen LogP contribution in [0, 0.1) is 25.7 Å². The number of hydrogen-bond acceptors (Lipinski definition) is 1. The van der Waals surface area contributed by atoms with Crippen molar-refractivity contribution in [2.75, 3.05) is 0 Å². The van der Waals surface area contributed by atoms with Crippen LogP contribution in [-0.2, 0) is 5.60 Å². The Hall–Kier alpha value is -0.820.